The quantitative estimate of drug-likeness (QED) is 0.809. The molecule has 0 aliphatic carbocycles. The molecule has 2 aromatic heterocycles. The Labute approximate surface area is 133 Å². The second-order valence-corrected chi connectivity index (χ2v) is 5.66. The van der Waals surface area contributed by atoms with Crippen LogP contribution in [0.4, 0.5) is 5.69 Å². The number of hydrogen-bond donors (Lipinski definition) is 1. The van der Waals surface area contributed by atoms with Crippen LogP contribution in [0.15, 0.2) is 54.9 Å². The first kappa shape index (κ1) is 14.0. The molecule has 0 spiro atoms. The SMILES string of the molecule is O=C(Nc1ccc(-c2cn3ccccc3n2)cc1)C1CCCO1. The largest absolute Gasteiger partial charge is 0.368 e. The molecule has 1 saturated heterocycles. The molecule has 23 heavy (non-hydrogen) atoms. The number of benzene rings is 1. The Bertz CT molecular complexity index is 800. The highest BCUT2D eigenvalue weighted by Gasteiger charge is 2.23. The zero-order valence-electron chi connectivity index (χ0n) is 12.6. The Kier molecular flexibility index (Phi) is 3.55. The first-order valence-corrected chi connectivity index (χ1v) is 7.76. The smallest absolute Gasteiger partial charge is 0.253 e. The third-order valence-electron chi connectivity index (χ3n) is 4.03. The van der Waals surface area contributed by atoms with Crippen molar-refractivity contribution in [3.8, 4) is 11.3 Å². The first-order chi connectivity index (χ1) is 11.3. The summed E-state index contributed by atoms with van der Waals surface area (Å²) >= 11 is 0. The highest BCUT2D eigenvalue weighted by molar-refractivity contribution is 5.94. The van der Waals surface area contributed by atoms with E-state index in [2.05, 4.69) is 10.3 Å². The second kappa shape index (κ2) is 5.85. The summed E-state index contributed by atoms with van der Waals surface area (Å²) in [6.45, 7) is 0.672. The number of imidazole rings is 1. The molecule has 3 aromatic rings. The van der Waals surface area contributed by atoms with Crippen LogP contribution < -0.4 is 5.32 Å². The van der Waals surface area contributed by atoms with Crippen LogP contribution >= 0.6 is 0 Å². The van der Waals surface area contributed by atoms with E-state index >= 15 is 0 Å². The number of ether oxygens (including phenoxy) is 1. The van der Waals surface area contributed by atoms with Gasteiger partial charge in [-0.25, -0.2) is 4.98 Å². The average molecular weight is 307 g/mol. The fourth-order valence-electron chi connectivity index (χ4n) is 2.81. The van der Waals surface area contributed by atoms with Gasteiger partial charge in [-0.15, -0.1) is 0 Å². The van der Waals surface area contributed by atoms with Crippen molar-refractivity contribution >= 4 is 17.2 Å². The van der Waals surface area contributed by atoms with Crippen LogP contribution in [0.2, 0.25) is 0 Å². The van der Waals surface area contributed by atoms with Gasteiger partial charge in [0.2, 0.25) is 0 Å². The van der Waals surface area contributed by atoms with Gasteiger partial charge in [-0.2, -0.15) is 0 Å². The molecule has 3 heterocycles. The van der Waals surface area contributed by atoms with Gasteiger partial charge in [0.1, 0.15) is 11.8 Å². The molecule has 1 amide bonds. The Morgan fingerprint density at radius 1 is 1.22 bits per heavy atom. The highest BCUT2D eigenvalue weighted by Crippen LogP contribution is 2.22. The number of pyridine rings is 1. The molecule has 0 bridgehead atoms. The maximum Gasteiger partial charge on any atom is 0.253 e. The zero-order chi connectivity index (χ0) is 15.6. The third kappa shape index (κ3) is 2.83. The molecule has 1 fully saturated rings. The van der Waals surface area contributed by atoms with Gasteiger partial charge in [0, 0.05) is 30.3 Å². The van der Waals surface area contributed by atoms with Crippen molar-refractivity contribution in [3.63, 3.8) is 0 Å². The van der Waals surface area contributed by atoms with E-state index in [-0.39, 0.29) is 12.0 Å². The van der Waals surface area contributed by atoms with Gasteiger partial charge in [0.05, 0.1) is 5.69 Å². The highest BCUT2D eigenvalue weighted by atomic mass is 16.5. The predicted molar refractivity (Wildman–Crippen MR) is 88.2 cm³/mol. The fraction of sp³-hybridized carbons (Fsp3) is 0.222. The fourth-order valence-corrected chi connectivity index (χ4v) is 2.81. The molecule has 5 nitrogen and oxygen atoms in total. The van der Waals surface area contributed by atoms with Crippen molar-refractivity contribution in [2.24, 2.45) is 0 Å². The molecule has 1 N–H and O–H groups in total. The van der Waals surface area contributed by atoms with Crippen LogP contribution in [0, 0.1) is 0 Å². The van der Waals surface area contributed by atoms with E-state index in [1.54, 1.807) is 0 Å². The number of aromatic nitrogens is 2. The lowest BCUT2D eigenvalue weighted by molar-refractivity contribution is -0.124. The first-order valence-electron chi connectivity index (χ1n) is 7.76. The monoisotopic (exact) mass is 307 g/mol. The molecule has 116 valence electrons. The Morgan fingerprint density at radius 2 is 2.09 bits per heavy atom. The summed E-state index contributed by atoms with van der Waals surface area (Å²) in [6, 6.07) is 13.6. The summed E-state index contributed by atoms with van der Waals surface area (Å²) in [5.74, 6) is -0.0667. The minimum Gasteiger partial charge on any atom is -0.368 e. The zero-order valence-corrected chi connectivity index (χ0v) is 12.6. The number of anilines is 1. The summed E-state index contributed by atoms with van der Waals surface area (Å²) in [5.41, 5.74) is 3.62. The minimum atomic E-state index is -0.312. The number of rotatable bonds is 3. The molecule has 1 aliphatic heterocycles. The molecular weight excluding hydrogens is 290 g/mol. The van der Waals surface area contributed by atoms with Crippen molar-refractivity contribution in [1.29, 1.82) is 0 Å². The molecular formula is C18H17N3O2. The van der Waals surface area contributed by atoms with E-state index in [1.165, 1.54) is 0 Å². The van der Waals surface area contributed by atoms with Gasteiger partial charge >= 0.3 is 0 Å². The van der Waals surface area contributed by atoms with Crippen molar-refractivity contribution in [2.75, 3.05) is 11.9 Å². The standard InChI is InChI=1S/C18H17N3O2/c22-18(16-4-3-11-23-16)19-14-8-6-13(7-9-14)15-12-21-10-2-1-5-17(21)20-15/h1-2,5-10,12,16H,3-4,11H2,(H,19,22). The topological polar surface area (TPSA) is 55.6 Å². The lowest BCUT2D eigenvalue weighted by Crippen LogP contribution is -2.26. The number of carbonyl (C=O) groups is 1. The van der Waals surface area contributed by atoms with E-state index in [9.17, 15) is 4.79 Å². The average Bonchev–Trinajstić information content (AvgIpc) is 3.25. The normalized spacial score (nSPS) is 17.5. The van der Waals surface area contributed by atoms with Crippen LogP contribution in [-0.4, -0.2) is 28.0 Å². The van der Waals surface area contributed by atoms with Gasteiger partial charge in [-0.3, -0.25) is 4.79 Å². The number of hydrogen-bond acceptors (Lipinski definition) is 3. The molecule has 1 atom stereocenters. The van der Waals surface area contributed by atoms with Crippen molar-refractivity contribution in [1.82, 2.24) is 9.38 Å². The predicted octanol–water partition coefficient (Wildman–Crippen LogP) is 3.12. The van der Waals surface area contributed by atoms with Gasteiger partial charge in [0.15, 0.2) is 0 Å². The van der Waals surface area contributed by atoms with Gasteiger partial charge in [0.25, 0.3) is 5.91 Å². The van der Waals surface area contributed by atoms with Crippen LogP contribution in [0.5, 0.6) is 0 Å². The number of fused-ring (bicyclic) bond motifs is 1. The Balaban J connectivity index is 1.52. The van der Waals surface area contributed by atoms with E-state index in [1.807, 2.05) is 59.3 Å². The third-order valence-corrected chi connectivity index (χ3v) is 4.03. The molecule has 5 heteroatoms. The Hall–Kier alpha value is -2.66. The summed E-state index contributed by atoms with van der Waals surface area (Å²) in [5, 5.41) is 2.90. The molecule has 1 aromatic carbocycles. The number of nitrogens with zero attached hydrogens (tertiary/aromatic N) is 2. The minimum absolute atomic E-state index is 0.0667. The van der Waals surface area contributed by atoms with E-state index in [0.29, 0.717) is 6.61 Å². The van der Waals surface area contributed by atoms with Crippen LogP contribution in [0.1, 0.15) is 12.8 Å². The number of amides is 1. The maximum absolute atomic E-state index is 12.0. The molecule has 4 rings (SSSR count). The summed E-state index contributed by atoms with van der Waals surface area (Å²) in [4.78, 5) is 16.6. The van der Waals surface area contributed by atoms with Gasteiger partial charge < -0.3 is 14.5 Å². The van der Waals surface area contributed by atoms with Crippen LogP contribution in [0.3, 0.4) is 0 Å². The summed E-state index contributed by atoms with van der Waals surface area (Å²) in [6.07, 6.45) is 5.40. The van der Waals surface area contributed by atoms with Crippen molar-refractivity contribution in [3.05, 3.63) is 54.9 Å². The van der Waals surface area contributed by atoms with E-state index in [0.717, 1.165) is 35.4 Å². The van der Waals surface area contributed by atoms with Crippen LogP contribution in [-0.2, 0) is 9.53 Å². The summed E-state index contributed by atoms with van der Waals surface area (Å²) in [7, 11) is 0. The molecule has 1 aliphatic rings. The summed E-state index contributed by atoms with van der Waals surface area (Å²) < 4.78 is 7.38. The molecule has 0 saturated carbocycles. The van der Waals surface area contributed by atoms with Crippen LogP contribution in [0.25, 0.3) is 16.9 Å². The second-order valence-electron chi connectivity index (χ2n) is 5.66. The van der Waals surface area contributed by atoms with E-state index < -0.39 is 0 Å². The maximum atomic E-state index is 12.0. The van der Waals surface area contributed by atoms with Gasteiger partial charge in [-0.05, 0) is 37.1 Å². The lowest BCUT2D eigenvalue weighted by Gasteiger charge is -2.10. The van der Waals surface area contributed by atoms with Gasteiger partial charge in [-0.1, -0.05) is 18.2 Å². The van der Waals surface area contributed by atoms with Crippen molar-refractivity contribution in [2.45, 2.75) is 18.9 Å². The number of nitrogens with one attached hydrogen (secondary N) is 1. The lowest BCUT2D eigenvalue weighted by atomic mass is 10.1. The van der Waals surface area contributed by atoms with Crippen molar-refractivity contribution < 1.29 is 9.53 Å². The molecule has 1 unspecified atom stereocenters. The molecule has 0 radical (unpaired) electrons. The van der Waals surface area contributed by atoms with E-state index in [4.69, 9.17) is 4.74 Å². The number of carbonyl (C=O) groups excluding carboxylic acids is 1. The Morgan fingerprint density at radius 3 is 2.83 bits per heavy atom.